The van der Waals surface area contributed by atoms with Crippen molar-refractivity contribution in [3.63, 3.8) is 0 Å². The van der Waals surface area contributed by atoms with Crippen molar-refractivity contribution in [2.75, 3.05) is 0 Å². The molecule has 5 nitrogen and oxygen atoms in total. The topological polar surface area (TPSA) is 77.3 Å². The lowest BCUT2D eigenvalue weighted by atomic mass is 10.2. The number of aromatic nitrogens is 2. The average Bonchev–Trinajstić information content (AvgIpc) is 2.98. The minimum Gasteiger partial charge on any atom is -0.415 e. The molecule has 0 saturated heterocycles. The zero-order valence-electron chi connectivity index (χ0n) is 10.9. The van der Waals surface area contributed by atoms with Gasteiger partial charge in [-0.3, -0.25) is 4.99 Å². The van der Waals surface area contributed by atoms with E-state index in [-0.39, 0.29) is 11.5 Å². The minimum absolute atomic E-state index is 0.127. The first-order valence-corrected chi connectivity index (χ1v) is 5.94. The lowest BCUT2D eigenvalue weighted by molar-refractivity contribution is 0.114. The highest BCUT2D eigenvalue weighted by Crippen LogP contribution is 2.20. The van der Waals surface area contributed by atoms with Crippen molar-refractivity contribution in [1.29, 1.82) is 0 Å². The lowest BCUT2D eigenvalue weighted by Crippen LogP contribution is -1.92. The van der Waals surface area contributed by atoms with Crippen LogP contribution in [0.2, 0.25) is 0 Å². The first kappa shape index (κ1) is 14.6. The van der Waals surface area contributed by atoms with Crippen LogP contribution >= 0.6 is 0 Å². The Morgan fingerprint density at radius 3 is 2.57 bits per heavy atom. The van der Waals surface area contributed by atoms with E-state index in [1.165, 1.54) is 6.21 Å². The molecule has 0 spiro atoms. The summed E-state index contributed by atoms with van der Waals surface area (Å²) in [5.41, 5.74) is 6.96. The molecule has 0 saturated carbocycles. The molecule has 0 atom stereocenters. The summed E-state index contributed by atoms with van der Waals surface area (Å²) in [6, 6.07) is 9.25. The highest BCUT2D eigenvalue weighted by Gasteiger charge is 2.17. The molecular weight excluding hydrogens is 278 g/mol. The molecule has 0 bridgehead atoms. The van der Waals surface area contributed by atoms with Gasteiger partial charge in [0.1, 0.15) is 0 Å². The maximum atomic E-state index is 12.4. The van der Waals surface area contributed by atoms with Crippen LogP contribution in [0, 0.1) is 0 Å². The van der Waals surface area contributed by atoms with Crippen molar-refractivity contribution in [3.8, 4) is 0 Å². The highest BCUT2D eigenvalue weighted by molar-refractivity contribution is 6.09. The maximum Gasteiger partial charge on any atom is 0.314 e. The smallest absolute Gasteiger partial charge is 0.314 e. The van der Waals surface area contributed by atoms with Crippen LogP contribution in [-0.4, -0.2) is 16.4 Å². The zero-order valence-corrected chi connectivity index (χ0v) is 10.9. The molecule has 0 aliphatic rings. The summed E-state index contributed by atoms with van der Waals surface area (Å²) in [5, 5.41) is 6.72. The van der Waals surface area contributed by atoms with Gasteiger partial charge in [0, 0.05) is 12.4 Å². The van der Waals surface area contributed by atoms with Crippen LogP contribution in [0.1, 0.15) is 23.8 Å². The van der Waals surface area contributed by atoms with Crippen LogP contribution < -0.4 is 5.73 Å². The first-order valence-electron chi connectivity index (χ1n) is 5.94. The Balaban J connectivity index is 2.15. The third-order valence-corrected chi connectivity index (χ3v) is 2.52. The molecule has 21 heavy (non-hydrogen) atoms. The van der Waals surface area contributed by atoms with Crippen LogP contribution in [0.4, 0.5) is 8.78 Å². The van der Waals surface area contributed by atoms with Gasteiger partial charge in [0.05, 0.1) is 11.3 Å². The summed E-state index contributed by atoms with van der Waals surface area (Å²) >= 11 is 0. The van der Waals surface area contributed by atoms with Gasteiger partial charge in [-0.2, -0.15) is 8.78 Å². The van der Waals surface area contributed by atoms with Crippen molar-refractivity contribution in [3.05, 3.63) is 60.5 Å². The van der Waals surface area contributed by atoms with E-state index in [0.29, 0.717) is 5.70 Å². The van der Waals surface area contributed by atoms with E-state index in [9.17, 15) is 8.78 Å². The number of hydrogen-bond acceptors (Lipinski definition) is 5. The van der Waals surface area contributed by atoms with Gasteiger partial charge < -0.3 is 10.2 Å². The SMILES string of the molecule is C=C(N=C/C(=C\N)c1nnc(C(F)F)o1)c1ccccc1. The predicted octanol–water partition coefficient (Wildman–Crippen LogP) is 3.05. The van der Waals surface area contributed by atoms with Crippen molar-refractivity contribution >= 4 is 17.5 Å². The average molecular weight is 290 g/mol. The van der Waals surface area contributed by atoms with Crippen LogP contribution in [-0.2, 0) is 0 Å². The third kappa shape index (κ3) is 3.59. The number of allylic oxidation sites excluding steroid dienone is 1. The van der Waals surface area contributed by atoms with Crippen molar-refractivity contribution in [2.24, 2.45) is 10.7 Å². The van der Waals surface area contributed by atoms with E-state index >= 15 is 0 Å². The molecule has 7 heteroatoms. The molecular formula is C14H12F2N4O. The largest absolute Gasteiger partial charge is 0.415 e. The molecule has 2 rings (SSSR count). The minimum atomic E-state index is -2.83. The molecule has 0 amide bonds. The predicted molar refractivity (Wildman–Crippen MR) is 75.4 cm³/mol. The number of hydrogen-bond donors (Lipinski definition) is 1. The summed E-state index contributed by atoms with van der Waals surface area (Å²) in [4.78, 5) is 4.11. The molecule has 2 N–H and O–H groups in total. The van der Waals surface area contributed by atoms with Gasteiger partial charge in [0.2, 0.25) is 0 Å². The fourth-order valence-corrected chi connectivity index (χ4v) is 1.46. The van der Waals surface area contributed by atoms with Gasteiger partial charge in [-0.05, 0) is 5.56 Å². The number of rotatable bonds is 5. The maximum absolute atomic E-state index is 12.4. The van der Waals surface area contributed by atoms with Crippen LogP contribution in [0.15, 0.2) is 52.5 Å². The van der Waals surface area contributed by atoms with Crippen molar-refractivity contribution in [1.82, 2.24) is 10.2 Å². The number of nitrogens with zero attached hydrogens (tertiary/aromatic N) is 3. The number of aliphatic imine (C=N–C) groups is 1. The number of benzene rings is 1. The molecule has 0 aliphatic heterocycles. The van der Waals surface area contributed by atoms with Gasteiger partial charge in [0.15, 0.2) is 0 Å². The molecule has 1 aromatic heterocycles. The zero-order chi connectivity index (χ0) is 15.2. The summed E-state index contributed by atoms with van der Waals surface area (Å²) in [5.74, 6) is -0.892. The second-order valence-electron chi connectivity index (χ2n) is 3.94. The van der Waals surface area contributed by atoms with E-state index in [0.717, 1.165) is 11.8 Å². The van der Waals surface area contributed by atoms with Gasteiger partial charge >= 0.3 is 6.43 Å². The van der Waals surface area contributed by atoms with Crippen LogP contribution in [0.5, 0.6) is 0 Å². The fourth-order valence-electron chi connectivity index (χ4n) is 1.46. The van der Waals surface area contributed by atoms with Crippen LogP contribution in [0.25, 0.3) is 11.3 Å². The Bertz CT molecular complexity index is 677. The van der Waals surface area contributed by atoms with Gasteiger partial charge in [-0.1, -0.05) is 36.9 Å². The summed E-state index contributed by atoms with van der Waals surface area (Å²) in [6.07, 6.45) is -0.357. The van der Waals surface area contributed by atoms with E-state index < -0.39 is 12.3 Å². The summed E-state index contributed by atoms with van der Waals surface area (Å²) in [6.45, 7) is 3.81. The Labute approximate surface area is 119 Å². The molecule has 0 aliphatic carbocycles. The van der Waals surface area contributed by atoms with Crippen molar-refractivity contribution in [2.45, 2.75) is 6.43 Å². The number of halogens is 2. The molecule has 1 heterocycles. The Kier molecular flexibility index (Phi) is 4.55. The lowest BCUT2D eigenvalue weighted by Gasteiger charge is -1.99. The van der Waals surface area contributed by atoms with Gasteiger partial charge in [-0.15, -0.1) is 10.2 Å². The Morgan fingerprint density at radius 1 is 1.29 bits per heavy atom. The van der Waals surface area contributed by atoms with Crippen LogP contribution in [0.3, 0.4) is 0 Å². The van der Waals surface area contributed by atoms with Gasteiger partial charge in [-0.25, -0.2) is 0 Å². The van der Waals surface area contributed by atoms with Gasteiger partial charge in [0.25, 0.3) is 11.8 Å². The van der Waals surface area contributed by atoms with E-state index in [1.807, 2.05) is 30.3 Å². The van der Waals surface area contributed by atoms with E-state index in [4.69, 9.17) is 10.2 Å². The second-order valence-corrected chi connectivity index (χ2v) is 3.94. The standard InChI is InChI=1S/C14H12F2N4O/c1-9(10-5-3-2-4-6-10)18-8-11(7-17)13-19-20-14(21-13)12(15)16/h2-8,12H,1,17H2/b11-7+,18-8?. The third-order valence-electron chi connectivity index (χ3n) is 2.52. The Morgan fingerprint density at radius 2 is 2.00 bits per heavy atom. The molecule has 0 fully saturated rings. The summed E-state index contributed by atoms with van der Waals surface area (Å²) in [7, 11) is 0. The number of alkyl halides is 2. The quantitative estimate of drug-likeness (QED) is 0.858. The highest BCUT2D eigenvalue weighted by atomic mass is 19.3. The number of nitrogens with two attached hydrogens (primary N) is 1. The first-order chi connectivity index (χ1) is 10.1. The van der Waals surface area contributed by atoms with E-state index in [2.05, 4.69) is 21.8 Å². The van der Waals surface area contributed by atoms with Crippen molar-refractivity contribution < 1.29 is 13.2 Å². The molecule has 0 radical (unpaired) electrons. The molecule has 2 aromatic rings. The van der Waals surface area contributed by atoms with E-state index in [1.54, 1.807) is 0 Å². The monoisotopic (exact) mass is 290 g/mol. The Hall–Kier alpha value is -2.83. The summed E-state index contributed by atoms with van der Waals surface area (Å²) < 4.78 is 29.6. The fraction of sp³-hybridized carbons (Fsp3) is 0.0714. The molecule has 1 aromatic carbocycles. The second kappa shape index (κ2) is 6.56. The molecule has 108 valence electrons. The normalized spacial score (nSPS) is 12.2. The molecule has 0 unspecified atom stereocenters.